The highest BCUT2D eigenvalue weighted by Crippen LogP contribution is 2.19. The average Bonchev–Trinajstić information content (AvgIpc) is 2.36. The van der Waals surface area contributed by atoms with Crippen molar-refractivity contribution in [2.75, 3.05) is 12.5 Å². The summed E-state index contributed by atoms with van der Waals surface area (Å²) >= 11 is 0. The number of sulfone groups is 2. The van der Waals surface area contributed by atoms with Gasteiger partial charge < -0.3 is 0 Å². The molecule has 0 N–H and O–H groups in total. The summed E-state index contributed by atoms with van der Waals surface area (Å²) in [5.74, 6) is 0. The van der Waals surface area contributed by atoms with Crippen LogP contribution in [0.2, 0.25) is 0 Å². The van der Waals surface area contributed by atoms with Gasteiger partial charge in [0.05, 0.1) is 0 Å². The number of hydrogen-bond acceptors (Lipinski definition) is 5. The van der Waals surface area contributed by atoms with E-state index < -0.39 is 19.7 Å². The third-order valence-electron chi connectivity index (χ3n) is 2.92. The average molecular weight is 327 g/mol. The van der Waals surface area contributed by atoms with Crippen LogP contribution in [-0.4, -0.2) is 34.3 Å². The molecule has 8 heteroatoms. The summed E-state index contributed by atoms with van der Waals surface area (Å²) in [5.41, 5.74) is 1.45. The van der Waals surface area contributed by atoms with Crippen molar-refractivity contribution in [3.63, 3.8) is 0 Å². The van der Waals surface area contributed by atoms with Gasteiger partial charge in [0, 0.05) is 35.9 Å². The van der Waals surface area contributed by atoms with Crippen LogP contribution >= 0.6 is 0 Å². The van der Waals surface area contributed by atoms with Gasteiger partial charge in [-0.3, -0.25) is 0 Å². The van der Waals surface area contributed by atoms with Gasteiger partial charge in [-0.15, -0.1) is 0 Å². The number of hydrogen-bond donors (Lipinski definition) is 0. The fraction of sp³-hybridized carbons (Fsp3) is 0.231. The summed E-state index contributed by atoms with van der Waals surface area (Å²) in [6, 6.07) is 6.23. The first-order valence-corrected chi connectivity index (χ1v) is 9.73. The molecule has 21 heavy (non-hydrogen) atoms. The molecule has 0 atom stereocenters. The Bertz CT molecular complexity index is 886. The Balaban J connectivity index is 2.47. The lowest BCUT2D eigenvalue weighted by atomic mass is 10.1. The number of rotatable bonds is 3. The Morgan fingerprint density at radius 1 is 0.905 bits per heavy atom. The fourth-order valence-corrected chi connectivity index (χ4v) is 3.37. The van der Waals surface area contributed by atoms with E-state index >= 15 is 0 Å². The molecule has 0 spiro atoms. The Labute approximate surface area is 123 Å². The van der Waals surface area contributed by atoms with Crippen molar-refractivity contribution in [2.24, 2.45) is 7.05 Å². The Morgan fingerprint density at radius 3 is 1.95 bits per heavy atom. The maximum Gasteiger partial charge on any atom is 0.296 e. The van der Waals surface area contributed by atoms with Crippen molar-refractivity contribution >= 4 is 19.7 Å². The van der Waals surface area contributed by atoms with Crippen LogP contribution in [0.5, 0.6) is 0 Å². The van der Waals surface area contributed by atoms with Gasteiger partial charge >= 0.3 is 0 Å². The first kappa shape index (κ1) is 15.6. The van der Waals surface area contributed by atoms with Crippen molar-refractivity contribution in [1.29, 1.82) is 0 Å². The lowest BCUT2D eigenvalue weighted by Gasteiger charge is -2.03. The molecule has 0 radical (unpaired) electrons. The molecule has 2 heterocycles. The minimum Gasteiger partial charge on any atom is -0.244 e. The van der Waals surface area contributed by atoms with Crippen molar-refractivity contribution in [1.82, 2.24) is 4.98 Å². The molecule has 0 aliphatic carbocycles. The largest absolute Gasteiger partial charge is 0.296 e. The summed E-state index contributed by atoms with van der Waals surface area (Å²) < 4.78 is 47.3. The van der Waals surface area contributed by atoms with Crippen molar-refractivity contribution in [3.8, 4) is 11.1 Å². The Kier molecular flexibility index (Phi) is 3.85. The van der Waals surface area contributed by atoms with E-state index in [1.165, 1.54) is 22.9 Å². The van der Waals surface area contributed by atoms with Crippen LogP contribution in [0.25, 0.3) is 11.1 Å². The summed E-state index contributed by atoms with van der Waals surface area (Å²) in [6.45, 7) is 0. The van der Waals surface area contributed by atoms with Crippen LogP contribution in [0.3, 0.4) is 0 Å². The lowest BCUT2D eigenvalue weighted by molar-refractivity contribution is -0.709. The van der Waals surface area contributed by atoms with E-state index in [1.54, 1.807) is 25.4 Å². The molecule has 0 unspecified atom stereocenters. The molecule has 2 rings (SSSR count). The number of aromatic nitrogens is 2. The highest BCUT2D eigenvalue weighted by molar-refractivity contribution is 7.90. The normalized spacial score (nSPS) is 12.3. The second-order valence-electron chi connectivity index (χ2n) is 4.80. The molecule has 2 aromatic heterocycles. The van der Waals surface area contributed by atoms with Crippen LogP contribution in [0, 0.1) is 0 Å². The molecule has 0 amide bonds. The topological polar surface area (TPSA) is 85.0 Å². The van der Waals surface area contributed by atoms with E-state index in [0.29, 0.717) is 5.56 Å². The van der Waals surface area contributed by atoms with Gasteiger partial charge in [-0.05, 0) is 18.2 Å². The summed E-state index contributed by atoms with van der Waals surface area (Å²) in [7, 11) is -4.99. The SMILES string of the molecule is C[n+]1cc(-c2ccc(S(C)(=O)=O)nc2)ccc1S(C)(=O)=O. The Hall–Kier alpha value is -1.80. The summed E-state index contributed by atoms with van der Waals surface area (Å²) in [4.78, 5) is 3.91. The van der Waals surface area contributed by atoms with Gasteiger partial charge in [0.25, 0.3) is 5.03 Å². The molecule has 0 aliphatic heterocycles. The number of aryl methyl sites for hydroxylation is 1. The van der Waals surface area contributed by atoms with E-state index in [1.807, 2.05) is 0 Å². The molecule has 0 bridgehead atoms. The first-order chi connectivity index (χ1) is 9.59. The lowest BCUT2D eigenvalue weighted by Crippen LogP contribution is -2.34. The van der Waals surface area contributed by atoms with Crippen LogP contribution in [-0.2, 0) is 26.7 Å². The highest BCUT2D eigenvalue weighted by Gasteiger charge is 2.19. The molecule has 0 fully saturated rings. The van der Waals surface area contributed by atoms with Crippen LogP contribution in [0.1, 0.15) is 0 Å². The Morgan fingerprint density at radius 2 is 1.52 bits per heavy atom. The number of nitrogens with zero attached hydrogens (tertiary/aromatic N) is 2. The van der Waals surface area contributed by atoms with E-state index in [4.69, 9.17) is 0 Å². The second-order valence-corrected chi connectivity index (χ2v) is 8.72. The molecule has 0 aliphatic rings. The van der Waals surface area contributed by atoms with Gasteiger partial charge in [-0.25, -0.2) is 21.8 Å². The second kappa shape index (κ2) is 5.19. The summed E-state index contributed by atoms with van der Waals surface area (Å²) in [5, 5.41) is 0.204. The zero-order chi connectivity index (χ0) is 15.8. The third kappa shape index (κ3) is 3.45. The van der Waals surface area contributed by atoms with Gasteiger partial charge in [0.1, 0.15) is 7.05 Å². The highest BCUT2D eigenvalue weighted by atomic mass is 32.2. The van der Waals surface area contributed by atoms with Gasteiger partial charge in [0.15, 0.2) is 21.1 Å². The predicted octanol–water partition coefficient (Wildman–Crippen LogP) is 0.380. The minimum absolute atomic E-state index is 0.00313. The standard InChI is InChI=1S/C13H15N2O4S2/c1-15-9-11(5-7-13(15)21(3,18)19)10-4-6-12(14-8-10)20(2,16)17/h4-9H,1-3H3/q+1. The molecule has 2 aromatic rings. The van der Waals surface area contributed by atoms with E-state index in [0.717, 1.165) is 18.1 Å². The molecule has 0 aromatic carbocycles. The maximum atomic E-state index is 11.6. The van der Waals surface area contributed by atoms with Gasteiger partial charge in [0.2, 0.25) is 9.84 Å². The number of pyridine rings is 2. The zero-order valence-electron chi connectivity index (χ0n) is 11.8. The van der Waals surface area contributed by atoms with Crippen molar-refractivity contribution < 1.29 is 21.4 Å². The molecule has 0 saturated carbocycles. The van der Waals surface area contributed by atoms with Gasteiger partial charge in [-0.2, -0.15) is 4.57 Å². The molecular weight excluding hydrogens is 312 g/mol. The summed E-state index contributed by atoms with van der Waals surface area (Å²) in [6.07, 6.45) is 5.35. The van der Waals surface area contributed by atoms with E-state index in [2.05, 4.69) is 4.98 Å². The van der Waals surface area contributed by atoms with E-state index in [-0.39, 0.29) is 10.1 Å². The van der Waals surface area contributed by atoms with Crippen molar-refractivity contribution in [3.05, 3.63) is 36.7 Å². The maximum absolute atomic E-state index is 11.6. The van der Waals surface area contributed by atoms with Gasteiger partial charge in [-0.1, -0.05) is 0 Å². The minimum atomic E-state index is -3.33. The fourth-order valence-electron chi connectivity index (χ4n) is 1.92. The first-order valence-electron chi connectivity index (χ1n) is 5.95. The molecule has 0 saturated heterocycles. The molecule has 6 nitrogen and oxygen atoms in total. The zero-order valence-corrected chi connectivity index (χ0v) is 13.4. The monoisotopic (exact) mass is 327 g/mol. The molecular formula is C13H15N2O4S2+. The van der Waals surface area contributed by atoms with Crippen LogP contribution < -0.4 is 4.57 Å². The van der Waals surface area contributed by atoms with Crippen molar-refractivity contribution in [2.45, 2.75) is 10.1 Å². The predicted molar refractivity (Wildman–Crippen MR) is 77.1 cm³/mol. The van der Waals surface area contributed by atoms with Crippen LogP contribution in [0.15, 0.2) is 46.7 Å². The third-order valence-corrected chi connectivity index (χ3v) is 5.10. The van der Waals surface area contributed by atoms with Crippen LogP contribution in [0.4, 0.5) is 0 Å². The molecule has 112 valence electrons. The van der Waals surface area contributed by atoms with E-state index in [9.17, 15) is 16.8 Å². The smallest absolute Gasteiger partial charge is 0.244 e. The quantitative estimate of drug-likeness (QED) is 0.761.